The van der Waals surface area contributed by atoms with Gasteiger partial charge in [0.15, 0.2) is 9.78 Å². The Hall–Kier alpha value is -3.73. The number of aromatic nitrogens is 6. The van der Waals surface area contributed by atoms with Crippen molar-refractivity contribution in [1.82, 2.24) is 30.6 Å². The summed E-state index contributed by atoms with van der Waals surface area (Å²) in [5, 5.41) is 16.3. The molecule has 17 heteroatoms. The van der Waals surface area contributed by atoms with Crippen LogP contribution in [0.15, 0.2) is 36.4 Å². The first-order valence-electron chi connectivity index (χ1n) is 11.0. The minimum Gasteiger partial charge on any atom is -0.432 e. The van der Waals surface area contributed by atoms with E-state index >= 15 is 0 Å². The molecule has 3 heterocycles. The molecule has 0 saturated heterocycles. The fourth-order valence-corrected chi connectivity index (χ4v) is 4.43. The second-order valence-electron chi connectivity index (χ2n) is 7.96. The van der Waals surface area contributed by atoms with Crippen LogP contribution in [0, 0.1) is 3.95 Å². The van der Waals surface area contributed by atoms with Crippen LogP contribution in [-0.2, 0) is 6.42 Å². The second-order valence-corrected chi connectivity index (χ2v) is 9.63. The minimum absolute atomic E-state index is 0.205. The molecule has 0 radical (unpaired) electrons. The van der Waals surface area contributed by atoms with Crippen LogP contribution in [0.1, 0.15) is 25.1 Å². The zero-order chi connectivity index (χ0) is 27.3. The standard InChI is InChI=1S/C21H19F5N8O2S2/c22-20(23,24)11-21(25,26)36-13-6-4-12(5-7-13)27-18(35)34(10-2-1-3-15-30-32-33-31-15)16-9-8-14-17(29-16)38-19(37)28-14/h4-9H,1-3,10-11H2,(H,27,35)(H,28,37)(H,30,31,32,33). The van der Waals surface area contributed by atoms with Gasteiger partial charge in [0.05, 0.1) is 5.52 Å². The SMILES string of the molecule is O=C(Nc1ccc(OC(F)(F)CC(F)(F)F)cc1)N(CCCCc1nn[nH]n1)c1ccc2[nH]c(=S)sc2n1. The molecule has 38 heavy (non-hydrogen) atoms. The van der Waals surface area contributed by atoms with Gasteiger partial charge in [0.2, 0.25) is 0 Å². The predicted octanol–water partition coefficient (Wildman–Crippen LogP) is 5.85. The molecule has 0 aliphatic heterocycles. The lowest BCUT2D eigenvalue weighted by molar-refractivity contribution is -0.255. The van der Waals surface area contributed by atoms with E-state index < -0.39 is 30.5 Å². The van der Waals surface area contributed by atoms with Crippen LogP contribution >= 0.6 is 23.6 Å². The van der Waals surface area contributed by atoms with E-state index in [9.17, 15) is 26.7 Å². The minimum atomic E-state index is -5.10. The Bertz CT molecular complexity index is 1420. The summed E-state index contributed by atoms with van der Waals surface area (Å²) in [7, 11) is 0. The molecule has 0 spiro atoms. The van der Waals surface area contributed by atoms with Crippen molar-refractivity contribution in [1.29, 1.82) is 0 Å². The average molecular weight is 575 g/mol. The number of benzene rings is 1. The number of pyridine rings is 1. The molecule has 0 aliphatic rings. The lowest BCUT2D eigenvalue weighted by Gasteiger charge is -2.22. The molecule has 3 aromatic heterocycles. The van der Waals surface area contributed by atoms with Crippen molar-refractivity contribution in [2.24, 2.45) is 0 Å². The zero-order valence-corrected chi connectivity index (χ0v) is 20.9. The van der Waals surface area contributed by atoms with Crippen LogP contribution < -0.4 is 15.0 Å². The van der Waals surface area contributed by atoms with Crippen LogP contribution in [0.3, 0.4) is 0 Å². The van der Waals surface area contributed by atoms with Gasteiger partial charge in [0, 0.05) is 18.7 Å². The molecule has 4 rings (SSSR count). The van der Waals surface area contributed by atoms with E-state index in [1.165, 1.54) is 28.4 Å². The van der Waals surface area contributed by atoms with Crippen molar-refractivity contribution in [3.63, 3.8) is 0 Å². The fraction of sp³-hybridized carbons (Fsp3) is 0.333. The molecule has 0 bridgehead atoms. The van der Waals surface area contributed by atoms with Crippen LogP contribution in [0.5, 0.6) is 5.75 Å². The van der Waals surface area contributed by atoms with E-state index in [0.29, 0.717) is 39.7 Å². The summed E-state index contributed by atoms with van der Waals surface area (Å²) in [5.41, 5.74) is 0.927. The van der Waals surface area contributed by atoms with Crippen molar-refractivity contribution in [3.05, 3.63) is 46.2 Å². The maximum atomic E-state index is 13.5. The molecule has 4 aromatic rings. The van der Waals surface area contributed by atoms with Crippen molar-refractivity contribution >= 4 is 51.4 Å². The third-order valence-corrected chi connectivity index (χ3v) is 6.14. The number of rotatable bonds is 10. The number of urea groups is 1. The van der Waals surface area contributed by atoms with E-state index in [4.69, 9.17) is 12.2 Å². The zero-order valence-electron chi connectivity index (χ0n) is 19.3. The highest BCUT2D eigenvalue weighted by atomic mass is 32.1. The number of carbonyl (C=O) groups excluding carboxylic acids is 1. The highest BCUT2D eigenvalue weighted by Gasteiger charge is 2.45. The molecule has 0 unspecified atom stereocenters. The summed E-state index contributed by atoms with van der Waals surface area (Å²) in [5.74, 6) is 0.402. The first-order chi connectivity index (χ1) is 18.0. The number of anilines is 2. The highest BCUT2D eigenvalue weighted by Crippen LogP contribution is 2.34. The van der Waals surface area contributed by atoms with Crippen molar-refractivity contribution in [2.75, 3.05) is 16.8 Å². The van der Waals surface area contributed by atoms with Gasteiger partial charge in [-0.2, -0.15) is 27.2 Å². The first kappa shape index (κ1) is 27.3. The number of carbonyl (C=O) groups is 1. The number of nitrogens with one attached hydrogen (secondary N) is 3. The third-order valence-electron chi connectivity index (χ3n) is 4.99. The van der Waals surface area contributed by atoms with Crippen LogP contribution in [0.4, 0.5) is 38.3 Å². The lowest BCUT2D eigenvalue weighted by Crippen LogP contribution is -2.36. The topological polar surface area (TPSA) is 125 Å². The van der Waals surface area contributed by atoms with Gasteiger partial charge in [-0.1, -0.05) is 16.6 Å². The number of aryl methyl sites for hydroxylation is 1. The monoisotopic (exact) mass is 574 g/mol. The molecule has 10 nitrogen and oxygen atoms in total. The Morgan fingerprint density at radius 2 is 1.87 bits per heavy atom. The molecule has 202 valence electrons. The number of ether oxygens (including phenoxy) is 1. The smallest absolute Gasteiger partial charge is 0.406 e. The Morgan fingerprint density at radius 1 is 1.11 bits per heavy atom. The summed E-state index contributed by atoms with van der Waals surface area (Å²) in [4.78, 5) is 22.7. The number of nitrogens with zero attached hydrogens (tertiary/aromatic N) is 5. The third kappa shape index (κ3) is 7.64. The Balaban J connectivity index is 1.45. The van der Waals surface area contributed by atoms with Gasteiger partial charge < -0.3 is 15.0 Å². The summed E-state index contributed by atoms with van der Waals surface area (Å²) < 4.78 is 68.7. The Kier molecular flexibility index (Phi) is 8.15. The summed E-state index contributed by atoms with van der Waals surface area (Å²) in [6, 6.07) is 7.37. The maximum absolute atomic E-state index is 13.5. The molecule has 3 N–H and O–H groups in total. The Labute approximate surface area is 220 Å². The molecule has 0 atom stereocenters. The summed E-state index contributed by atoms with van der Waals surface area (Å²) in [6.07, 6.45) is -10.2. The van der Waals surface area contributed by atoms with E-state index in [0.717, 1.165) is 17.6 Å². The number of hydrogen-bond donors (Lipinski definition) is 3. The van der Waals surface area contributed by atoms with Crippen molar-refractivity contribution < 1.29 is 31.5 Å². The van der Waals surface area contributed by atoms with E-state index in [1.54, 1.807) is 12.1 Å². The van der Waals surface area contributed by atoms with Gasteiger partial charge in [-0.15, -0.1) is 10.2 Å². The molecule has 0 fully saturated rings. The maximum Gasteiger partial charge on any atom is 0.406 e. The van der Waals surface area contributed by atoms with Crippen LogP contribution in [-0.4, -0.2) is 55.5 Å². The summed E-state index contributed by atoms with van der Waals surface area (Å²) in [6.45, 7) is 0.267. The molecular formula is C21H19F5N8O2S2. The number of amides is 2. The van der Waals surface area contributed by atoms with E-state index in [1.807, 2.05) is 0 Å². The van der Waals surface area contributed by atoms with E-state index in [-0.39, 0.29) is 12.2 Å². The number of H-pyrrole nitrogens is 2. The van der Waals surface area contributed by atoms with Crippen LogP contribution in [0.2, 0.25) is 0 Å². The van der Waals surface area contributed by atoms with Crippen LogP contribution in [0.25, 0.3) is 10.3 Å². The fourth-order valence-electron chi connectivity index (χ4n) is 3.38. The number of unbranched alkanes of at least 4 members (excludes halogenated alkanes) is 1. The van der Waals surface area contributed by atoms with Gasteiger partial charge in [-0.25, -0.2) is 9.78 Å². The van der Waals surface area contributed by atoms with Gasteiger partial charge in [-0.05, 0) is 61.5 Å². The predicted molar refractivity (Wildman–Crippen MR) is 131 cm³/mol. The Morgan fingerprint density at radius 3 is 2.55 bits per heavy atom. The normalized spacial score (nSPS) is 12.0. The van der Waals surface area contributed by atoms with Gasteiger partial charge >= 0.3 is 18.3 Å². The molecule has 0 saturated carbocycles. The van der Waals surface area contributed by atoms with E-state index in [2.05, 4.69) is 40.6 Å². The molecular weight excluding hydrogens is 555 g/mol. The van der Waals surface area contributed by atoms with Crippen molar-refractivity contribution in [3.8, 4) is 5.75 Å². The number of hydrogen-bond acceptors (Lipinski definition) is 8. The molecule has 1 aromatic carbocycles. The van der Waals surface area contributed by atoms with Gasteiger partial charge in [0.25, 0.3) is 0 Å². The number of fused-ring (bicyclic) bond motifs is 1. The number of aromatic amines is 2. The van der Waals surface area contributed by atoms with Crippen molar-refractivity contribution in [2.45, 2.75) is 38.0 Å². The number of tetrazole rings is 1. The largest absolute Gasteiger partial charge is 0.432 e. The van der Waals surface area contributed by atoms with Gasteiger partial charge in [-0.3, -0.25) is 4.90 Å². The first-order valence-corrected chi connectivity index (χ1v) is 12.2. The number of thiazole rings is 1. The summed E-state index contributed by atoms with van der Waals surface area (Å²) >= 11 is 6.40. The second kappa shape index (κ2) is 11.3. The molecule has 2 amide bonds. The van der Waals surface area contributed by atoms with Gasteiger partial charge in [0.1, 0.15) is 22.8 Å². The quantitative estimate of drug-likeness (QED) is 0.123. The average Bonchev–Trinajstić information content (AvgIpc) is 3.46. The highest BCUT2D eigenvalue weighted by molar-refractivity contribution is 7.73. The lowest BCUT2D eigenvalue weighted by atomic mass is 10.2. The molecule has 0 aliphatic carbocycles. The number of halogens is 5. The number of alkyl halides is 5.